The fourth-order valence-electron chi connectivity index (χ4n) is 5.43. The smallest absolute Gasteiger partial charge is 0.358 e. The monoisotopic (exact) mass is 476 g/mol. The molecule has 2 atom stereocenters. The Bertz CT molecular complexity index is 950. The molecule has 5 heterocycles. The molecule has 0 radical (unpaired) electrons. The number of nitrogens with one attached hydrogen (secondary N) is 1. The first kappa shape index (κ1) is 23.9. The van der Waals surface area contributed by atoms with Crippen molar-refractivity contribution in [2.75, 3.05) is 58.1 Å². The summed E-state index contributed by atoms with van der Waals surface area (Å²) in [5.74, 6) is 0.492. The Labute approximate surface area is 200 Å². The highest BCUT2D eigenvalue weighted by Crippen LogP contribution is 2.27. The van der Waals surface area contributed by atoms with Crippen molar-refractivity contribution < 1.29 is 9.90 Å². The highest BCUT2D eigenvalue weighted by atomic mass is 35.5. The highest BCUT2D eigenvalue weighted by molar-refractivity contribution is 5.90. The summed E-state index contributed by atoms with van der Waals surface area (Å²) in [4.78, 5) is 24.6. The SMILES string of the molecule is Cl.Nc1ncc(-c2cnn(C3CCN(CCCN4CC5CNCC5C4)CC3)c2)nc1C(=O)O. The fourth-order valence-corrected chi connectivity index (χ4v) is 5.43. The van der Waals surface area contributed by atoms with Crippen molar-refractivity contribution in [3.05, 3.63) is 24.3 Å². The van der Waals surface area contributed by atoms with Gasteiger partial charge in [-0.05, 0) is 57.3 Å². The number of fused-ring (bicyclic) bond motifs is 1. The van der Waals surface area contributed by atoms with Gasteiger partial charge in [-0.15, -0.1) is 12.4 Å². The van der Waals surface area contributed by atoms with Gasteiger partial charge in [-0.3, -0.25) is 4.68 Å². The van der Waals surface area contributed by atoms with E-state index in [0.29, 0.717) is 11.7 Å². The van der Waals surface area contributed by atoms with Gasteiger partial charge in [0.2, 0.25) is 0 Å². The molecule has 0 amide bonds. The van der Waals surface area contributed by atoms with Gasteiger partial charge in [-0.25, -0.2) is 14.8 Å². The Morgan fingerprint density at radius 1 is 1.12 bits per heavy atom. The summed E-state index contributed by atoms with van der Waals surface area (Å²) < 4.78 is 1.99. The van der Waals surface area contributed by atoms with Crippen LogP contribution in [0.1, 0.15) is 35.8 Å². The maximum atomic E-state index is 11.3. The van der Waals surface area contributed by atoms with Gasteiger partial charge in [-0.2, -0.15) is 5.10 Å². The van der Waals surface area contributed by atoms with E-state index in [1.165, 1.54) is 51.9 Å². The van der Waals surface area contributed by atoms with Crippen LogP contribution in [-0.2, 0) is 0 Å². The Morgan fingerprint density at radius 3 is 2.52 bits per heavy atom. The molecule has 0 aliphatic carbocycles. The Kier molecular flexibility index (Phi) is 7.48. The van der Waals surface area contributed by atoms with Crippen LogP contribution in [0.2, 0.25) is 0 Å². The van der Waals surface area contributed by atoms with Crippen LogP contribution in [0.4, 0.5) is 5.82 Å². The Morgan fingerprint density at radius 2 is 1.82 bits per heavy atom. The van der Waals surface area contributed by atoms with Crippen molar-refractivity contribution >= 4 is 24.2 Å². The van der Waals surface area contributed by atoms with Crippen molar-refractivity contribution in [3.8, 4) is 11.3 Å². The van der Waals surface area contributed by atoms with Gasteiger partial charge >= 0.3 is 5.97 Å². The second-order valence-electron chi connectivity index (χ2n) is 9.37. The fraction of sp³-hybridized carbons (Fsp3) is 0.636. The van der Waals surface area contributed by atoms with Crippen LogP contribution < -0.4 is 11.1 Å². The van der Waals surface area contributed by atoms with Gasteiger partial charge in [0.15, 0.2) is 11.5 Å². The lowest BCUT2D eigenvalue weighted by Gasteiger charge is -2.32. The number of piperidine rings is 1. The molecule has 3 saturated heterocycles. The van der Waals surface area contributed by atoms with E-state index in [1.54, 1.807) is 6.20 Å². The predicted molar refractivity (Wildman–Crippen MR) is 127 cm³/mol. The maximum absolute atomic E-state index is 11.3. The lowest BCUT2D eigenvalue weighted by atomic mass is 10.0. The van der Waals surface area contributed by atoms with Gasteiger partial charge in [-0.1, -0.05) is 0 Å². The zero-order chi connectivity index (χ0) is 22.1. The molecule has 0 aromatic carbocycles. The molecule has 33 heavy (non-hydrogen) atoms. The van der Waals surface area contributed by atoms with E-state index in [2.05, 4.69) is 30.2 Å². The lowest BCUT2D eigenvalue weighted by molar-refractivity contribution is 0.0691. The van der Waals surface area contributed by atoms with E-state index in [9.17, 15) is 9.90 Å². The number of nitrogens with two attached hydrogens (primary N) is 1. The molecule has 4 N–H and O–H groups in total. The number of carboxylic acid groups (broad SMARTS) is 1. The van der Waals surface area contributed by atoms with E-state index < -0.39 is 5.97 Å². The molecule has 3 aliphatic rings. The van der Waals surface area contributed by atoms with Crippen molar-refractivity contribution in [1.29, 1.82) is 0 Å². The molecule has 5 rings (SSSR count). The van der Waals surface area contributed by atoms with Crippen molar-refractivity contribution in [2.24, 2.45) is 11.8 Å². The minimum absolute atomic E-state index is 0. The largest absolute Gasteiger partial charge is 0.476 e. The number of hydrogen-bond acceptors (Lipinski definition) is 8. The maximum Gasteiger partial charge on any atom is 0.358 e. The molecular formula is C22H33ClN8O2. The minimum atomic E-state index is -1.18. The quantitative estimate of drug-likeness (QED) is 0.540. The van der Waals surface area contributed by atoms with Crippen molar-refractivity contribution in [2.45, 2.75) is 25.3 Å². The number of rotatable bonds is 7. The van der Waals surface area contributed by atoms with Crippen LogP contribution >= 0.6 is 12.4 Å². The molecule has 2 aromatic rings. The summed E-state index contributed by atoms with van der Waals surface area (Å²) in [7, 11) is 0. The number of nitrogen functional groups attached to an aromatic ring is 1. The van der Waals surface area contributed by atoms with Crippen LogP contribution in [0.5, 0.6) is 0 Å². The second kappa shape index (κ2) is 10.3. The molecule has 0 spiro atoms. The summed E-state index contributed by atoms with van der Waals surface area (Å²) >= 11 is 0. The average molecular weight is 477 g/mol. The third-order valence-corrected chi connectivity index (χ3v) is 7.25. The van der Waals surface area contributed by atoms with Crippen LogP contribution in [0.25, 0.3) is 11.3 Å². The summed E-state index contributed by atoms with van der Waals surface area (Å²) in [6, 6.07) is 0.353. The number of carbonyl (C=O) groups is 1. The van der Waals surface area contributed by atoms with Gasteiger partial charge in [0.1, 0.15) is 0 Å². The van der Waals surface area contributed by atoms with E-state index in [4.69, 9.17) is 5.73 Å². The number of hydrogen-bond donors (Lipinski definition) is 3. The molecule has 3 fully saturated rings. The molecule has 11 heteroatoms. The van der Waals surface area contributed by atoms with E-state index in [-0.39, 0.29) is 23.9 Å². The highest BCUT2D eigenvalue weighted by Gasteiger charge is 2.35. The number of carboxylic acids is 1. The van der Waals surface area contributed by atoms with Gasteiger partial charge in [0.05, 0.1) is 24.1 Å². The molecule has 2 aromatic heterocycles. The van der Waals surface area contributed by atoms with E-state index in [1.807, 2.05) is 10.9 Å². The molecule has 2 unspecified atom stereocenters. The second-order valence-corrected chi connectivity index (χ2v) is 9.37. The normalized spacial score (nSPS) is 24.0. The van der Waals surface area contributed by atoms with Gasteiger partial charge in [0.25, 0.3) is 0 Å². The molecule has 0 saturated carbocycles. The number of aromatic nitrogens is 4. The zero-order valence-corrected chi connectivity index (χ0v) is 19.6. The summed E-state index contributed by atoms with van der Waals surface area (Å²) in [6.45, 7) is 9.50. The average Bonchev–Trinajstić information content (AvgIpc) is 3.51. The molecular weight excluding hydrogens is 444 g/mol. The molecule has 10 nitrogen and oxygen atoms in total. The number of aromatic carboxylic acids is 1. The molecule has 0 bridgehead atoms. The molecule has 180 valence electrons. The topological polar surface area (TPSA) is 125 Å². The third-order valence-electron chi connectivity index (χ3n) is 7.25. The minimum Gasteiger partial charge on any atom is -0.476 e. The number of anilines is 1. The summed E-state index contributed by atoms with van der Waals surface area (Å²) in [5, 5.41) is 17.3. The lowest BCUT2D eigenvalue weighted by Crippen LogP contribution is -2.37. The van der Waals surface area contributed by atoms with Gasteiger partial charge < -0.3 is 26.0 Å². The first-order valence-electron chi connectivity index (χ1n) is 11.6. The van der Waals surface area contributed by atoms with Crippen LogP contribution in [0.15, 0.2) is 18.6 Å². The van der Waals surface area contributed by atoms with Crippen molar-refractivity contribution in [1.82, 2.24) is 34.9 Å². The first-order chi connectivity index (χ1) is 15.6. The zero-order valence-electron chi connectivity index (χ0n) is 18.8. The number of nitrogens with zero attached hydrogens (tertiary/aromatic N) is 6. The number of halogens is 1. The van der Waals surface area contributed by atoms with Crippen LogP contribution in [0, 0.1) is 11.8 Å². The molecule has 3 aliphatic heterocycles. The van der Waals surface area contributed by atoms with Gasteiger partial charge in [0, 0.05) is 37.9 Å². The van der Waals surface area contributed by atoms with E-state index in [0.717, 1.165) is 43.3 Å². The summed E-state index contributed by atoms with van der Waals surface area (Å²) in [6.07, 6.45) is 8.52. The first-order valence-corrected chi connectivity index (χ1v) is 11.6. The summed E-state index contributed by atoms with van der Waals surface area (Å²) in [5.41, 5.74) is 6.62. The Balaban J connectivity index is 0.00000259. The predicted octanol–water partition coefficient (Wildman–Crippen LogP) is 1.22. The Hall–Kier alpha value is -2.27. The standard InChI is InChI=1S/C22H32N8O2.ClH/c23-21-20(22(31)32)27-19(11-25-21)17-10-26-30(14-17)18-2-6-28(7-3-18)4-1-5-29-12-15-8-24-9-16(15)13-29;/h10-11,14-16,18,24H,1-9,12-13H2,(H2,23,25)(H,31,32);1H. The number of likely N-dealkylation sites (tertiary alicyclic amines) is 2. The van der Waals surface area contributed by atoms with Crippen LogP contribution in [-0.4, -0.2) is 93.0 Å². The van der Waals surface area contributed by atoms with Crippen LogP contribution in [0.3, 0.4) is 0 Å². The van der Waals surface area contributed by atoms with E-state index >= 15 is 0 Å². The third kappa shape index (κ3) is 5.29. The van der Waals surface area contributed by atoms with Crippen molar-refractivity contribution in [3.63, 3.8) is 0 Å².